The van der Waals surface area contributed by atoms with E-state index in [9.17, 15) is 0 Å². The van der Waals surface area contributed by atoms with Gasteiger partial charge in [0.1, 0.15) is 6.10 Å². The highest BCUT2D eigenvalue weighted by Gasteiger charge is 2.15. The maximum Gasteiger partial charge on any atom is 0.225 e. The maximum absolute atomic E-state index is 5.71. The fourth-order valence-electron chi connectivity index (χ4n) is 1.38. The minimum absolute atomic E-state index is 0.343. The van der Waals surface area contributed by atoms with Gasteiger partial charge in [0.25, 0.3) is 0 Å². The first-order chi connectivity index (χ1) is 6.34. The van der Waals surface area contributed by atoms with Gasteiger partial charge in [-0.2, -0.15) is 4.98 Å². The molecule has 72 valence electrons. The third kappa shape index (κ3) is 2.65. The van der Waals surface area contributed by atoms with Crippen molar-refractivity contribution in [3.8, 4) is 5.88 Å². The van der Waals surface area contributed by atoms with Gasteiger partial charge in [-0.05, 0) is 41.9 Å². The lowest BCUT2D eigenvalue weighted by Gasteiger charge is -2.22. The summed E-state index contributed by atoms with van der Waals surface area (Å²) in [6, 6.07) is 0. The van der Waals surface area contributed by atoms with Crippen LogP contribution >= 0.6 is 27.3 Å². The van der Waals surface area contributed by atoms with Gasteiger partial charge in [0.15, 0.2) is 3.92 Å². The predicted octanol–water partition coefficient (Wildman–Crippen LogP) is 2.04. The monoisotopic (exact) mass is 262 g/mol. The molecule has 3 nitrogen and oxygen atoms in total. The Morgan fingerprint density at radius 2 is 2.31 bits per heavy atom. The normalized spacial score (nSPS) is 18.8. The molecule has 0 atom stereocenters. The number of rotatable bonds is 2. The largest absolute Gasteiger partial charge is 0.474 e. The molecule has 0 aromatic carbocycles. The Hall–Kier alpha value is -0.130. The molecule has 5 heteroatoms. The Morgan fingerprint density at radius 1 is 1.54 bits per heavy atom. The lowest BCUT2D eigenvalue weighted by molar-refractivity contribution is 0.157. The first kappa shape index (κ1) is 9.43. The van der Waals surface area contributed by atoms with Crippen molar-refractivity contribution in [2.45, 2.75) is 18.9 Å². The van der Waals surface area contributed by atoms with E-state index in [0.717, 1.165) is 35.7 Å². The van der Waals surface area contributed by atoms with Gasteiger partial charge in [0.2, 0.25) is 5.88 Å². The molecule has 1 fully saturated rings. The number of piperidine rings is 1. The summed E-state index contributed by atoms with van der Waals surface area (Å²) in [7, 11) is 0. The summed E-state index contributed by atoms with van der Waals surface area (Å²) in [6.45, 7) is 2.10. The molecular weight excluding hydrogens is 252 g/mol. The van der Waals surface area contributed by atoms with Crippen LogP contribution < -0.4 is 10.1 Å². The number of hydrogen-bond donors (Lipinski definition) is 1. The van der Waals surface area contributed by atoms with Crippen LogP contribution in [0.15, 0.2) is 9.30 Å². The van der Waals surface area contributed by atoms with Crippen LogP contribution in [-0.4, -0.2) is 24.2 Å². The van der Waals surface area contributed by atoms with Crippen molar-refractivity contribution in [3.05, 3.63) is 9.30 Å². The summed E-state index contributed by atoms with van der Waals surface area (Å²) < 4.78 is 6.59. The third-order valence-corrected chi connectivity index (χ3v) is 3.37. The second-order valence-electron chi connectivity index (χ2n) is 3.01. The van der Waals surface area contributed by atoms with E-state index in [-0.39, 0.29) is 0 Å². The predicted molar refractivity (Wildman–Crippen MR) is 56.3 cm³/mol. The van der Waals surface area contributed by atoms with Gasteiger partial charge in [-0.3, -0.25) is 0 Å². The van der Waals surface area contributed by atoms with Crippen LogP contribution in [0.1, 0.15) is 12.8 Å². The minimum Gasteiger partial charge on any atom is -0.474 e. The maximum atomic E-state index is 5.71. The molecule has 0 bridgehead atoms. The standard InChI is InChI=1S/C8H11BrN2OS/c9-8-11-7(5-13-8)12-6-1-3-10-4-2-6/h5-6,10H,1-4H2. The number of nitrogens with one attached hydrogen (secondary N) is 1. The highest BCUT2D eigenvalue weighted by atomic mass is 79.9. The molecule has 0 unspecified atom stereocenters. The van der Waals surface area contributed by atoms with Gasteiger partial charge >= 0.3 is 0 Å². The Bertz CT molecular complexity index is 273. The molecule has 1 aromatic heterocycles. The topological polar surface area (TPSA) is 34.1 Å². The summed E-state index contributed by atoms with van der Waals surface area (Å²) in [5.41, 5.74) is 0. The van der Waals surface area contributed by atoms with E-state index < -0.39 is 0 Å². The van der Waals surface area contributed by atoms with Gasteiger partial charge in [0, 0.05) is 0 Å². The van der Waals surface area contributed by atoms with Crippen LogP contribution in [0, 0.1) is 0 Å². The SMILES string of the molecule is Brc1nc(OC2CCNCC2)cs1. The minimum atomic E-state index is 0.343. The number of ether oxygens (including phenoxy) is 1. The van der Waals surface area contributed by atoms with E-state index >= 15 is 0 Å². The molecule has 2 rings (SSSR count). The molecule has 0 spiro atoms. The van der Waals surface area contributed by atoms with Crippen molar-refractivity contribution >= 4 is 27.3 Å². The average Bonchev–Trinajstić information content (AvgIpc) is 2.53. The van der Waals surface area contributed by atoms with Crippen molar-refractivity contribution in [1.29, 1.82) is 0 Å². The van der Waals surface area contributed by atoms with Crippen molar-refractivity contribution in [2.75, 3.05) is 13.1 Å². The summed E-state index contributed by atoms with van der Waals surface area (Å²) in [4.78, 5) is 4.20. The Labute approximate surface area is 89.6 Å². The highest BCUT2D eigenvalue weighted by molar-refractivity contribution is 9.11. The van der Waals surface area contributed by atoms with Gasteiger partial charge in [-0.15, -0.1) is 11.3 Å². The van der Waals surface area contributed by atoms with E-state index in [1.165, 1.54) is 0 Å². The first-order valence-electron chi connectivity index (χ1n) is 4.33. The lowest BCUT2D eigenvalue weighted by atomic mass is 10.1. The molecule has 0 saturated carbocycles. The Kier molecular flexibility index (Phi) is 3.18. The molecule has 0 radical (unpaired) electrons. The molecule has 2 heterocycles. The van der Waals surface area contributed by atoms with Gasteiger partial charge in [-0.25, -0.2) is 0 Å². The van der Waals surface area contributed by atoms with E-state index in [1.807, 2.05) is 5.38 Å². The van der Waals surface area contributed by atoms with Crippen LogP contribution in [0.5, 0.6) is 5.88 Å². The third-order valence-electron chi connectivity index (χ3n) is 2.03. The van der Waals surface area contributed by atoms with E-state index in [1.54, 1.807) is 11.3 Å². The lowest BCUT2D eigenvalue weighted by Crippen LogP contribution is -2.34. The van der Waals surface area contributed by atoms with Crippen LogP contribution in [0.2, 0.25) is 0 Å². The number of nitrogens with zero attached hydrogens (tertiary/aromatic N) is 1. The van der Waals surface area contributed by atoms with Gasteiger partial charge < -0.3 is 10.1 Å². The van der Waals surface area contributed by atoms with Crippen LogP contribution in [0.4, 0.5) is 0 Å². The fourth-order valence-corrected chi connectivity index (χ4v) is 2.28. The molecule has 1 saturated heterocycles. The molecule has 1 N–H and O–H groups in total. The Balaban J connectivity index is 1.89. The van der Waals surface area contributed by atoms with Crippen LogP contribution in [-0.2, 0) is 0 Å². The van der Waals surface area contributed by atoms with Gasteiger partial charge in [0.05, 0.1) is 5.38 Å². The molecule has 1 aliphatic rings. The fraction of sp³-hybridized carbons (Fsp3) is 0.625. The second kappa shape index (κ2) is 4.39. The molecule has 0 aliphatic carbocycles. The summed E-state index contributed by atoms with van der Waals surface area (Å²) in [5, 5.41) is 5.24. The summed E-state index contributed by atoms with van der Waals surface area (Å²) in [6.07, 6.45) is 2.50. The summed E-state index contributed by atoms with van der Waals surface area (Å²) in [5.74, 6) is 0.753. The van der Waals surface area contributed by atoms with Gasteiger partial charge in [-0.1, -0.05) is 0 Å². The first-order valence-corrected chi connectivity index (χ1v) is 6.00. The molecule has 1 aliphatic heterocycles. The zero-order valence-electron chi connectivity index (χ0n) is 7.12. The van der Waals surface area contributed by atoms with Crippen LogP contribution in [0.3, 0.4) is 0 Å². The zero-order chi connectivity index (χ0) is 9.10. The summed E-state index contributed by atoms with van der Waals surface area (Å²) >= 11 is 4.87. The second-order valence-corrected chi connectivity index (χ2v) is 5.14. The average molecular weight is 263 g/mol. The number of aromatic nitrogens is 1. The van der Waals surface area contributed by atoms with Crippen molar-refractivity contribution in [1.82, 2.24) is 10.3 Å². The highest BCUT2D eigenvalue weighted by Crippen LogP contribution is 2.23. The molecule has 0 amide bonds. The number of halogens is 1. The van der Waals surface area contributed by atoms with Crippen LogP contribution in [0.25, 0.3) is 0 Å². The Morgan fingerprint density at radius 3 is 2.92 bits per heavy atom. The zero-order valence-corrected chi connectivity index (χ0v) is 9.53. The van der Waals surface area contributed by atoms with E-state index in [2.05, 4.69) is 26.2 Å². The number of hydrogen-bond acceptors (Lipinski definition) is 4. The van der Waals surface area contributed by atoms with E-state index in [0.29, 0.717) is 6.10 Å². The molecule has 1 aromatic rings. The molecule has 13 heavy (non-hydrogen) atoms. The quantitative estimate of drug-likeness (QED) is 0.886. The van der Waals surface area contributed by atoms with Crippen molar-refractivity contribution in [2.24, 2.45) is 0 Å². The van der Waals surface area contributed by atoms with Crippen molar-refractivity contribution in [3.63, 3.8) is 0 Å². The number of thiazole rings is 1. The smallest absolute Gasteiger partial charge is 0.225 e. The van der Waals surface area contributed by atoms with E-state index in [4.69, 9.17) is 4.74 Å². The van der Waals surface area contributed by atoms with Crippen molar-refractivity contribution < 1.29 is 4.74 Å². The molecular formula is C8H11BrN2OS.